The van der Waals surface area contributed by atoms with E-state index in [1.54, 1.807) is 0 Å². The summed E-state index contributed by atoms with van der Waals surface area (Å²) in [4.78, 5) is 7.02. The van der Waals surface area contributed by atoms with Crippen LogP contribution in [0.2, 0.25) is 0 Å². The summed E-state index contributed by atoms with van der Waals surface area (Å²) >= 11 is 0. The number of benzene rings is 1. The molecule has 1 aromatic heterocycles. The highest BCUT2D eigenvalue weighted by Crippen LogP contribution is 2.21. The van der Waals surface area contributed by atoms with Crippen LogP contribution in [-0.2, 0) is 6.54 Å². The van der Waals surface area contributed by atoms with Crippen molar-refractivity contribution < 1.29 is 0 Å². The molecule has 1 aromatic carbocycles. The number of nitrogen functional groups attached to an aromatic ring is 1. The fourth-order valence-corrected chi connectivity index (χ4v) is 2.25. The van der Waals surface area contributed by atoms with Gasteiger partial charge in [0.15, 0.2) is 0 Å². The second kappa shape index (κ2) is 5.57. The lowest BCUT2D eigenvalue weighted by atomic mass is 10.0. The monoisotopic (exact) mass is 257 g/mol. The number of nitrogens with two attached hydrogens (primary N) is 1. The predicted octanol–water partition coefficient (Wildman–Crippen LogP) is 3.29. The van der Waals surface area contributed by atoms with Crippen LogP contribution in [0, 0.1) is 5.92 Å². The van der Waals surface area contributed by atoms with Crippen LogP contribution < -0.4 is 5.73 Å². The third-order valence-corrected chi connectivity index (χ3v) is 3.87. The number of aromatic nitrogens is 1. The predicted molar refractivity (Wildman–Crippen MR) is 81.9 cm³/mol. The Morgan fingerprint density at radius 3 is 2.58 bits per heavy atom. The van der Waals surface area contributed by atoms with Crippen LogP contribution in [0.3, 0.4) is 0 Å². The maximum absolute atomic E-state index is 6.11. The lowest BCUT2D eigenvalue weighted by Gasteiger charge is -2.27. The van der Waals surface area contributed by atoms with Crippen LogP contribution in [0.15, 0.2) is 30.3 Å². The summed E-state index contributed by atoms with van der Waals surface area (Å²) in [5.41, 5.74) is 8.93. The van der Waals surface area contributed by atoms with Crippen LogP contribution in [-0.4, -0.2) is 23.0 Å². The summed E-state index contributed by atoms with van der Waals surface area (Å²) in [5.74, 6) is 0.628. The lowest BCUT2D eigenvalue weighted by molar-refractivity contribution is 0.198. The SMILES string of the molecule is CC(C)C(C)N(C)Cc1cc(N)c2ccccc2n1. The molecule has 0 aliphatic heterocycles. The first-order chi connectivity index (χ1) is 8.99. The molecule has 3 heteroatoms. The summed E-state index contributed by atoms with van der Waals surface area (Å²) in [6.07, 6.45) is 0. The van der Waals surface area contributed by atoms with Crippen molar-refractivity contribution in [3.05, 3.63) is 36.0 Å². The molecule has 0 bridgehead atoms. The number of hydrogen-bond donors (Lipinski definition) is 1. The van der Waals surface area contributed by atoms with E-state index in [2.05, 4.69) is 32.7 Å². The van der Waals surface area contributed by atoms with Gasteiger partial charge in [-0.05, 0) is 32.0 Å². The molecule has 0 saturated carbocycles. The fourth-order valence-electron chi connectivity index (χ4n) is 2.25. The van der Waals surface area contributed by atoms with Crippen LogP contribution in [0.1, 0.15) is 26.5 Å². The first-order valence-corrected chi connectivity index (χ1v) is 6.83. The normalized spacial score (nSPS) is 13.4. The molecule has 0 amide bonds. The van der Waals surface area contributed by atoms with Crippen LogP contribution in [0.5, 0.6) is 0 Å². The largest absolute Gasteiger partial charge is 0.398 e. The van der Waals surface area contributed by atoms with Gasteiger partial charge < -0.3 is 5.73 Å². The lowest BCUT2D eigenvalue weighted by Crippen LogP contribution is -2.33. The van der Waals surface area contributed by atoms with Gasteiger partial charge in [-0.3, -0.25) is 9.88 Å². The first kappa shape index (κ1) is 13.8. The van der Waals surface area contributed by atoms with E-state index in [0.717, 1.165) is 28.8 Å². The second-order valence-corrected chi connectivity index (χ2v) is 5.62. The van der Waals surface area contributed by atoms with Crippen LogP contribution in [0.25, 0.3) is 10.9 Å². The summed E-state index contributed by atoms with van der Waals surface area (Å²) in [6.45, 7) is 7.55. The van der Waals surface area contributed by atoms with Crippen molar-refractivity contribution in [3.8, 4) is 0 Å². The molecule has 0 saturated heterocycles. The molecule has 0 aliphatic carbocycles. The Bertz CT molecular complexity index is 563. The minimum atomic E-state index is 0.523. The van der Waals surface area contributed by atoms with Crippen molar-refractivity contribution in [3.63, 3.8) is 0 Å². The topological polar surface area (TPSA) is 42.1 Å². The summed E-state index contributed by atoms with van der Waals surface area (Å²) < 4.78 is 0. The van der Waals surface area contributed by atoms with Crippen molar-refractivity contribution in [1.82, 2.24) is 9.88 Å². The molecule has 2 aromatic rings. The average molecular weight is 257 g/mol. The average Bonchev–Trinajstić information content (AvgIpc) is 2.37. The molecular weight excluding hydrogens is 234 g/mol. The van der Waals surface area contributed by atoms with E-state index in [-0.39, 0.29) is 0 Å². The molecule has 0 fully saturated rings. The number of pyridine rings is 1. The smallest absolute Gasteiger partial charge is 0.0726 e. The van der Waals surface area contributed by atoms with E-state index in [9.17, 15) is 0 Å². The zero-order valence-electron chi connectivity index (χ0n) is 12.2. The number of anilines is 1. The number of rotatable bonds is 4. The number of para-hydroxylation sites is 1. The molecule has 19 heavy (non-hydrogen) atoms. The molecule has 2 N–H and O–H groups in total. The van der Waals surface area contributed by atoms with Gasteiger partial charge in [-0.2, -0.15) is 0 Å². The molecule has 0 spiro atoms. The molecule has 102 valence electrons. The Labute approximate surface area is 115 Å². The van der Waals surface area contributed by atoms with Crippen molar-refractivity contribution in [1.29, 1.82) is 0 Å². The van der Waals surface area contributed by atoms with E-state index in [0.29, 0.717) is 12.0 Å². The van der Waals surface area contributed by atoms with Gasteiger partial charge in [-0.15, -0.1) is 0 Å². The number of nitrogens with zero attached hydrogens (tertiary/aromatic N) is 2. The van der Waals surface area contributed by atoms with Gasteiger partial charge in [0.05, 0.1) is 11.2 Å². The summed E-state index contributed by atoms with van der Waals surface area (Å²) in [6, 6.07) is 10.5. The van der Waals surface area contributed by atoms with E-state index in [1.807, 2.05) is 30.3 Å². The highest BCUT2D eigenvalue weighted by atomic mass is 15.1. The van der Waals surface area contributed by atoms with E-state index >= 15 is 0 Å². The Balaban J connectivity index is 2.26. The Morgan fingerprint density at radius 1 is 1.21 bits per heavy atom. The van der Waals surface area contributed by atoms with Gasteiger partial charge in [0.1, 0.15) is 0 Å². The third-order valence-electron chi connectivity index (χ3n) is 3.87. The maximum Gasteiger partial charge on any atom is 0.0726 e. The Morgan fingerprint density at radius 2 is 1.89 bits per heavy atom. The van der Waals surface area contributed by atoms with Crippen LogP contribution in [0.4, 0.5) is 5.69 Å². The quantitative estimate of drug-likeness (QED) is 0.914. The standard InChI is InChI=1S/C16H23N3/c1-11(2)12(3)19(4)10-13-9-15(17)14-7-5-6-8-16(14)18-13/h5-9,11-12H,10H2,1-4H3,(H2,17,18). The van der Waals surface area contributed by atoms with E-state index in [4.69, 9.17) is 10.7 Å². The van der Waals surface area contributed by atoms with Crippen LogP contribution >= 0.6 is 0 Å². The van der Waals surface area contributed by atoms with Gasteiger partial charge >= 0.3 is 0 Å². The molecular formula is C16H23N3. The minimum Gasteiger partial charge on any atom is -0.398 e. The second-order valence-electron chi connectivity index (χ2n) is 5.62. The maximum atomic E-state index is 6.11. The van der Waals surface area contributed by atoms with Gasteiger partial charge in [-0.25, -0.2) is 0 Å². The van der Waals surface area contributed by atoms with Crippen molar-refractivity contribution >= 4 is 16.6 Å². The van der Waals surface area contributed by atoms with Gasteiger partial charge in [0, 0.05) is 23.7 Å². The molecule has 3 nitrogen and oxygen atoms in total. The highest BCUT2D eigenvalue weighted by Gasteiger charge is 2.14. The first-order valence-electron chi connectivity index (χ1n) is 6.83. The molecule has 2 rings (SSSR count). The molecule has 1 atom stereocenters. The van der Waals surface area contributed by atoms with Crippen molar-refractivity contribution in [2.75, 3.05) is 12.8 Å². The molecule has 0 radical (unpaired) electrons. The zero-order valence-corrected chi connectivity index (χ0v) is 12.2. The Kier molecular flexibility index (Phi) is 4.05. The zero-order chi connectivity index (χ0) is 14.0. The van der Waals surface area contributed by atoms with E-state index < -0.39 is 0 Å². The number of fused-ring (bicyclic) bond motifs is 1. The third kappa shape index (κ3) is 3.04. The van der Waals surface area contributed by atoms with Crippen molar-refractivity contribution in [2.24, 2.45) is 5.92 Å². The summed E-state index contributed by atoms with van der Waals surface area (Å²) in [7, 11) is 2.14. The molecule has 1 heterocycles. The van der Waals surface area contributed by atoms with Crippen molar-refractivity contribution in [2.45, 2.75) is 33.4 Å². The molecule has 1 unspecified atom stereocenters. The summed E-state index contributed by atoms with van der Waals surface area (Å²) in [5, 5.41) is 1.03. The molecule has 0 aliphatic rings. The fraction of sp³-hybridized carbons (Fsp3) is 0.438. The van der Waals surface area contributed by atoms with Gasteiger partial charge in [0.25, 0.3) is 0 Å². The van der Waals surface area contributed by atoms with Gasteiger partial charge in [0.2, 0.25) is 0 Å². The number of hydrogen-bond acceptors (Lipinski definition) is 3. The minimum absolute atomic E-state index is 0.523. The van der Waals surface area contributed by atoms with E-state index in [1.165, 1.54) is 0 Å². The Hall–Kier alpha value is -1.61. The highest BCUT2D eigenvalue weighted by molar-refractivity contribution is 5.90. The van der Waals surface area contributed by atoms with Gasteiger partial charge in [-0.1, -0.05) is 32.0 Å².